The Hall–Kier alpha value is -2.03. The maximum absolute atomic E-state index is 11.8. The SMILES string of the molecule is Nc1ccc(C(=O)NC2=CCCC=C2)cc1. The molecule has 1 aromatic rings. The van der Waals surface area contributed by atoms with Gasteiger partial charge in [-0.25, -0.2) is 0 Å². The summed E-state index contributed by atoms with van der Waals surface area (Å²) in [7, 11) is 0. The zero-order valence-electron chi connectivity index (χ0n) is 8.94. The second kappa shape index (κ2) is 4.66. The van der Waals surface area contributed by atoms with Gasteiger partial charge in [-0.1, -0.05) is 12.2 Å². The molecular weight excluding hydrogens is 200 g/mol. The summed E-state index contributed by atoms with van der Waals surface area (Å²) < 4.78 is 0. The molecule has 16 heavy (non-hydrogen) atoms. The van der Waals surface area contributed by atoms with Crippen molar-refractivity contribution in [2.24, 2.45) is 0 Å². The molecule has 0 fully saturated rings. The van der Waals surface area contributed by atoms with E-state index in [0.717, 1.165) is 18.5 Å². The van der Waals surface area contributed by atoms with E-state index in [1.807, 2.05) is 12.2 Å². The van der Waals surface area contributed by atoms with Gasteiger partial charge in [0.05, 0.1) is 0 Å². The lowest BCUT2D eigenvalue weighted by Crippen LogP contribution is -2.22. The number of nitrogens with one attached hydrogen (secondary N) is 1. The number of allylic oxidation sites excluding steroid dienone is 3. The van der Waals surface area contributed by atoms with Crippen LogP contribution in [0, 0.1) is 0 Å². The Kier molecular flexibility index (Phi) is 3.05. The van der Waals surface area contributed by atoms with Gasteiger partial charge in [-0.05, 0) is 43.2 Å². The molecule has 0 aromatic heterocycles. The normalized spacial score (nSPS) is 14.4. The van der Waals surface area contributed by atoms with Crippen molar-refractivity contribution >= 4 is 11.6 Å². The highest BCUT2D eigenvalue weighted by molar-refractivity contribution is 5.95. The van der Waals surface area contributed by atoms with Gasteiger partial charge in [0.25, 0.3) is 5.91 Å². The van der Waals surface area contributed by atoms with Crippen LogP contribution in [0.15, 0.2) is 48.2 Å². The monoisotopic (exact) mass is 214 g/mol. The first-order valence-corrected chi connectivity index (χ1v) is 5.29. The molecule has 0 unspecified atom stereocenters. The molecule has 0 spiro atoms. The van der Waals surface area contributed by atoms with Gasteiger partial charge < -0.3 is 11.1 Å². The lowest BCUT2D eigenvalue weighted by atomic mass is 10.1. The molecule has 0 saturated heterocycles. The first-order valence-electron chi connectivity index (χ1n) is 5.29. The number of amides is 1. The Labute approximate surface area is 94.7 Å². The summed E-state index contributed by atoms with van der Waals surface area (Å²) in [5.74, 6) is -0.0993. The van der Waals surface area contributed by atoms with Crippen LogP contribution in [-0.2, 0) is 0 Å². The number of nitrogen functional groups attached to an aromatic ring is 1. The summed E-state index contributed by atoms with van der Waals surface area (Å²) >= 11 is 0. The molecule has 3 nitrogen and oxygen atoms in total. The fourth-order valence-electron chi connectivity index (χ4n) is 1.54. The fourth-order valence-corrected chi connectivity index (χ4v) is 1.54. The van der Waals surface area contributed by atoms with Crippen LogP contribution in [0.1, 0.15) is 23.2 Å². The van der Waals surface area contributed by atoms with Crippen LogP contribution in [0.2, 0.25) is 0 Å². The van der Waals surface area contributed by atoms with Gasteiger partial charge in [0.15, 0.2) is 0 Å². The Morgan fingerprint density at radius 3 is 2.56 bits per heavy atom. The van der Waals surface area contributed by atoms with Crippen LogP contribution in [0.4, 0.5) is 5.69 Å². The molecule has 0 radical (unpaired) electrons. The van der Waals surface area contributed by atoms with Crippen molar-refractivity contribution in [2.75, 3.05) is 5.73 Å². The lowest BCUT2D eigenvalue weighted by Gasteiger charge is -2.09. The summed E-state index contributed by atoms with van der Waals surface area (Å²) in [5.41, 5.74) is 7.71. The molecule has 82 valence electrons. The summed E-state index contributed by atoms with van der Waals surface area (Å²) in [6.45, 7) is 0. The van der Waals surface area contributed by atoms with E-state index in [1.54, 1.807) is 24.3 Å². The minimum Gasteiger partial charge on any atom is -0.399 e. The van der Waals surface area contributed by atoms with Gasteiger partial charge in [-0.3, -0.25) is 4.79 Å². The third kappa shape index (κ3) is 2.51. The number of benzene rings is 1. The summed E-state index contributed by atoms with van der Waals surface area (Å²) in [6, 6.07) is 6.88. The number of carbonyl (C=O) groups is 1. The number of anilines is 1. The smallest absolute Gasteiger partial charge is 0.255 e. The first-order chi connectivity index (χ1) is 7.75. The zero-order chi connectivity index (χ0) is 11.4. The van der Waals surface area contributed by atoms with Crippen LogP contribution < -0.4 is 11.1 Å². The molecule has 1 aliphatic carbocycles. The van der Waals surface area contributed by atoms with Crippen molar-refractivity contribution < 1.29 is 4.79 Å². The number of carbonyl (C=O) groups excluding carboxylic acids is 1. The van der Waals surface area contributed by atoms with Gasteiger partial charge in [0, 0.05) is 16.9 Å². The first kappa shape index (κ1) is 10.5. The van der Waals surface area contributed by atoms with E-state index in [0.29, 0.717) is 11.3 Å². The number of rotatable bonds is 2. The van der Waals surface area contributed by atoms with E-state index >= 15 is 0 Å². The van der Waals surface area contributed by atoms with Crippen molar-refractivity contribution in [2.45, 2.75) is 12.8 Å². The maximum Gasteiger partial charge on any atom is 0.255 e. The van der Waals surface area contributed by atoms with Crippen LogP contribution >= 0.6 is 0 Å². The summed E-state index contributed by atoms with van der Waals surface area (Å²) in [5, 5.41) is 2.85. The molecule has 0 atom stereocenters. The van der Waals surface area contributed by atoms with E-state index in [4.69, 9.17) is 5.73 Å². The molecular formula is C13H14N2O. The van der Waals surface area contributed by atoms with E-state index in [1.165, 1.54) is 0 Å². The van der Waals surface area contributed by atoms with Gasteiger partial charge in [-0.15, -0.1) is 0 Å². The highest BCUT2D eigenvalue weighted by atomic mass is 16.1. The van der Waals surface area contributed by atoms with E-state index < -0.39 is 0 Å². The van der Waals surface area contributed by atoms with Crippen molar-refractivity contribution in [1.29, 1.82) is 0 Å². The molecule has 2 rings (SSSR count). The Morgan fingerprint density at radius 2 is 1.94 bits per heavy atom. The van der Waals surface area contributed by atoms with Gasteiger partial charge in [0.2, 0.25) is 0 Å². The molecule has 1 aliphatic rings. The highest BCUT2D eigenvalue weighted by Crippen LogP contribution is 2.09. The topological polar surface area (TPSA) is 55.1 Å². The predicted octanol–water partition coefficient (Wildman–Crippen LogP) is 2.23. The Bertz CT molecular complexity index is 444. The largest absolute Gasteiger partial charge is 0.399 e. The van der Waals surface area contributed by atoms with Crippen LogP contribution in [0.3, 0.4) is 0 Å². The average Bonchev–Trinajstić information content (AvgIpc) is 2.31. The molecule has 0 aliphatic heterocycles. The predicted molar refractivity (Wildman–Crippen MR) is 64.8 cm³/mol. The molecule has 0 bridgehead atoms. The minimum atomic E-state index is -0.0993. The highest BCUT2D eigenvalue weighted by Gasteiger charge is 2.06. The zero-order valence-corrected chi connectivity index (χ0v) is 8.94. The van der Waals surface area contributed by atoms with Gasteiger partial charge in [-0.2, -0.15) is 0 Å². The number of hydrogen-bond donors (Lipinski definition) is 2. The van der Waals surface area contributed by atoms with Crippen molar-refractivity contribution in [3.63, 3.8) is 0 Å². The van der Waals surface area contributed by atoms with Gasteiger partial charge >= 0.3 is 0 Å². The van der Waals surface area contributed by atoms with Crippen molar-refractivity contribution in [3.8, 4) is 0 Å². The summed E-state index contributed by atoms with van der Waals surface area (Å²) in [4.78, 5) is 11.8. The Balaban J connectivity index is 2.05. The number of hydrogen-bond acceptors (Lipinski definition) is 2. The van der Waals surface area contributed by atoms with Crippen LogP contribution in [0.5, 0.6) is 0 Å². The fraction of sp³-hybridized carbons (Fsp3) is 0.154. The molecule has 0 saturated carbocycles. The van der Waals surface area contributed by atoms with E-state index in [9.17, 15) is 4.79 Å². The third-order valence-corrected chi connectivity index (χ3v) is 2.43. The van der Waals surface area contributed by atoms with Crippen LogP contribution in [0.25, 0.3) is 0 Å². The van der Waals surface area contributed by atoms with E-state index in [-0.39, 0.29) is 5.91 Å². The van der Waals surface area contributed by atoms with Crippen molar-refractivity contribution in [1.82, 2.24) is 5.32 Å². The third-order valence-electron chi connectivity index (χ3n) is 2.43. The second-order valence-electron chi connectivity index (χ2n) is 3.72. The maximum atomic E-state index is 11.8. The molecule has 0 heterocycles. The summed E-state index contributed by atoms with van der Waals surface area (Å²) in [6.07, 6.45) is 8.03. The molecule has 3 N–H and O–H groups in total. The standard InChI is InChI=1S/C13H14N2O/c14-11-8-6-10(7-9-11)13(16)15-12-4-2-1-3-5-12/h2,4-9H,1,3,14H2,(H,15,16). The second-order valence-corrected chi connectivity index (χ2v) is 3.72. The quantitative estimate of drug-likeness (QED) is 0.742. The average molecular weight is 214 g/mol. The molecule has 1 amide bonds. The van der Waals surface area contributed by atoms with E-state index in [2.05, 4.69) is 11.4 Å². The molecule has 3 heteroatoms. The lowest BCUT2D eigenvalue weighted by molar-refractivity contribution is 0.0967. The molecule has 1 aromatic carbocycles. The Morgan fingerprint density at radius 1 is 1.19 bits per heavy atom. The minimum absolute atomic E-state index is 0.0993. The number of nitrogens with two attached hydrogens (primary N) is 1. The van der Waals surface area contributed by atoms with Crippen molar-refractivity contribution in [3.05, 3.63) is 53.8 Å². The van der Waals surface area contributed by atoms with Crippen LogP contribution in [-0.4, -0.2) is 5.91 Å². The van der Waals surface area contributed by atoms with Gasteiger partial charge in [0.1, 0.15) is 0 Å².